The predicted molar refractivity (Wildman–Crippen MR) is 94.9 cm³/mol. The lowest BCUT2D eigenvalue weighted by Crippen LogP contribution is -2.26. The molecule has 3 aromatic rings. The van der Waals surface area contributed by atoms with Crippen molar-refractivity contribution in [3.8, 4) is 10.4 Å². The van der Waals surface area contributed by atoms with Crippen molar-refractivity contribution in [3.63, 3.8) is 0 Å². The zero-order valence-corrected chi connectivity index (χ0v) is 14.1. The molecular weight excluding hydrogens is 328 g/mol. The molecular formula is C18H15ClN2OS. The number of benzene rings is 1. The average Bonchev–Trinajstić information content (AvgIpc) is 3.06. The van der Waals surface area contributed by atoms with Crippen LogP contribution >= 0.6 is 22.9 Å². The largest absolute Gasteiger partial charge is 0.343 e. The Morgan fingerprint density at radius 2 is 2.04 bits per heavy atom. The van der Waals surface area contributed by atoms with Gasteiger partial charge >= 0.3 is 0 Å². The van der Waals surface area contributed by atoms with Gasteiger partial charge in [-0.15, -0.1) is 11.3 Å². The van der Waals surface area contributed by atoms with Crippen LogP contribution in [0.15, 0.2) is 60.8 Å². The summed E-state index contributed by atoms with van der Waals surface area (Å²) in [7, 11) is 0. The van der Waals surface area contributed by atoms with Crippen molar-refractivity contribution in [2.24, 2.45) is 0 Å². The molecule has 116 valence electrons. The molecule has 1 atom stereocenters. The van der Waals surface area contributed by atoms with Gasteiger partial charge in [-0.25, -0.2) is 0 Å². The van der Waals surface area contributed by atoms with Gasteiger partial charge in [0.25, 0.3) is 5.91 Å². The molecule has 1 unspecified atom stereocenters. The molecule has 5 heteroatoms. The van der Waals surface area contributed by atoms with E-state index in [-0.39, 0.29) is 11.9 Å². The Labute approximate surface area is 144 Å². The van der Waals surface area contributed by atoms with E-state index in [2.05, 4.69) is 10.3 Å². The smallest absolute Gasteiger partial charge is 0.261 e. The first-order chi connectivity index (χ1) is 11.1. The first kappa shape index (κ1) is 15.7. The maximum Gasteiger partial charge on any atom is 0.261 e. The van der Waals surface area contributed by atoms with Crippen LogP contribution in [0.25, 0.3) is 10.4 Å². The molecule has 3 rings (SSSR count). The molecule has 0 radical (unpaired) electrons. The summed E-state index contributed by atoms with van der Waals surface area (Å²) in [6, 6.07) is 16.9. The van der Waals surface area contributed by atoms with Crippen LogP contribution in [-0.4, -0.2) is 10.9 Å². The molecule has 3 nitrogen and oxygen atoms in total. The lowest BCUT2D eigenvalue weighted by Gasteiger charge is -2.12. The number of hydrogen-bond donors (Lipinski definition) is 1. The van der Waals surface area contributed by atoms with Gasteiger partial charge in [0.2, 0.25) is 0 Å². The van der Waals surface area contributed by atoms with E-state index in [1.807, 2.05) is 61.5 Å². The summed E-state index contributed by atoms with van der Waals surface area (Å²) in [5.41, 5.74) is 1.85. The second-order valence-corrected chi connectivity index (χ2v) is 6.64. The van der Waals surface area contributed by atoms with Gasteiger partial charge in [0.15, 0.2) is 0 Å². The molecule has 1 amide bonds. The highest BCUT2D eigenvalue weighted by Crippen LogP contribution is 2.30. The third-order valence-corrected chi connectivity index (χ3v) is 4.79. The topological polar surface area (TPSA) is 42.0 Å². The zero-order chi connectivity index (χ0) is 16.2. The zero-order valence-electron chi connectivity index (χ0n) is 12.5. The van der Waals surface area contributed by atoms with Crippen LogP contribution < -0.4 is 5.32 Å². The van der Waals surface area contributed by atoms with Crippen LogP contribution in [0.2, 0.25) is 5.02 Å². The fraction of sp³-hybridized carbons (Fsp3) is 0.111. The summed E-state index contributed by atoms with van der Waals surface area (Å²) in [4.78, 5) is 18.3. The van der Waals surface area contributed by atoms with Crippen molar-refractivity contribution in [2.45, 2.75) is 13.0 Å². The molecule has 0 bridgehead atoms. The number of pyridine rings is 1. The van der Waals surface area contributed by atoms with Gasteiger partial charge < -0.3 is 5.32 Å². The van der Waals surface area contributed by atoms with Crippen molar-refractivity contribution in [1.29, 1.82) is 0 Å². The van der Waals surface area contributed by atoms with Crippen LogP contribution in [0.1, 0.15) is 28.3 Å². The molecule has 23 heavy (non-hydrogen) atoms. The molecule has 0 aliphatic heterocycles. The maximum absolute atomic E-state index is 12.4. The predicted octanol–water partition coefficient (Wildman–Crippen LogP) is 4.95. The Kier molecular flexibility index (Phi) is 4.74. The Balaban J connectivity index is 1.74. The van der Waals surface area contributed by atoms with E-state index in [4.69, 9.17) is 11.6 Å². The van der Waals surface area contributed by atoms with Crippen LogP contribution in [0.5, 0.6) is 0 Å². The number of carbonyl (C=O) groups excluding carboxylic acids is 1. The highest BCUT2D eigenvalue weighted by atomic mass is 35.5. The first-order valence-electron chi connectivity index (χ1n) is 7.21. The lowest BCUT2D eigenvalue weighted by molar-refractivity contribution is 0.0943. The number of carbonyl (C=O) groups is 1. The number of nitrogens with zero attached hydrogens (tertiary/aromatic N) is 1. The van der Waals surface area contributed by atoms with Crippen molar-refractivity contribution in [3.05, 3.63) is 76.4 Å². The minimum atomic E-state index is -0.139. The SMILES string of the molecule is CC(NC(=O)c1ccc(-c2cccc(Cl)c2)s1)c1ccccn1. The van der Waals surface area contributed by atoms with Crippen LogP contribution in [0, 0.1) is 0 Å². The number of thiophene rings is 1. The third kappa shape index (κ3) is 3.78. The Bertz CT molecular complexity index is 817. The monoisotopic (exact) mass is 342 g/mol. The summed E-state index contributed by atoms with van der Waals surface area (Å²) in [5, 5.41) is 3.66. The van der Waals surface area contributed by atoms with Gasteiger partial charge in [-0.3, -0.25) is 9.78 Å². The molecule has 0 saturated carbocycles. The number of aromatic nitrogens is 1. The van der Waals surface area contributed by atoms with Crippen LogP contribution in [-0.2, 0) is 0 Å². The standard InChI is InChI=1S/C18H15ClN2OS/c1-12(15-7-2-3-10-20-15)21-18(22)17-9-8-16(23-17)13-5-4-6-14(19)11-13/h2-12H,1H3,(H,21,22). The molecule has 2 aromatic heterocycles. The van der Waals surface area contributed by atoms with Crippen molar-refractivity contribution < 1.29 is 4.79 Å². The van der Waals surface area contributed by atoms with E-state index in [0.29, 0.717) is 9.90 Å². The summed E-state index contributed by atoms with van der Waals surface area (Å²) < 4.78 is 0. The van der Waals surface area contributed by atoms with Crippen molar-refractivity contribution in [1.82, 2.24) is 10.3 Å². The first-order valence-corrected chi connectivity index (χ1v) is 8.40. The van der Waals surface area contributed by atoms with Gasteiger partial charge in [-0.1, -0.05) is 29.8 Å². The average molecular weight is 343 g/mol. The number of rotatable bonds is 4. The van der Waals surface area contributed by atoms with Gasteiger partial charge in [0.05, 0.1) is 16.6 Å². The maximum atomic E-state index is 12.4. The van der Waals surface area contributed by atoms with Gasteiger partial charge in [-0.05, 0) is 48.9 Å². The van der Waals surface area contributed by atoms with Crippen LogP contribution in [0.3, 0.4) is 0 Å². The van der Waals surface area contributed by atoms with E-state index in [1.165, 1.54) is 11.3 Å². The summed E-state index contributed by atoms with van der Waals surface area (Å²) >= 11 is 7.47. The minimum Gasteiger partial charge on any atom is -0.343 e. The molecule has 0 aliphatic carbocycles. The van der Waals surface area contributed by atoms with Gasteiger partial charge in [0.1, 0.15) is 0 Å². The number of hydrogen-bond acceptors (Lipinski definition) is 3. The Morgan fingerprint density at radius 1 is 1.17 bits per heavy atom. The molecule has 0 saturated heterocycles. The summed E-state index contributed by atoms with van der Waals surface area (Å²) in [6.07, 6.45) is 1.72. The molecule has 1 aromatic carbocycles. The van der Waals surface area contributed by atoms with E-state index in [0.717, 1.165) is 16.1 Å². The molecule has 0 aliphatic rings. The number of nitrogens with one attached hydrogen (secondary N) is 1. The fourth-order valence-corrected chi connectivity index (χ4v) is 3.33. The fourth-order valence-electron chi connectivity index (χ4n) is 2.23. The summed E-state index contributed by atoms with van der Waals surface area (Å²) in [6.45, 7) is 1.92. The molecule has 2 heterocycles. The second-order valence-electron chi connectivity index (χ2n) is 5.12. The second kappa shape index (κ2) is 6.94. The van der Waals surface area contributed by atoms with Gasteiger partial charge in [0, 0.05) is 16.1 Å². The van der Waals surface area contributed by atoms with E-state index < -0.39 is 0 Å². The Hall–Kier alpha value is -2.17. The van der Waals surface area contributed by atoms with Crippen molar-refractivity contribution >= 4 is 28.8 Å². The Morgan fingerprint density at radius 3 is 2.78 bits per heavy atom. The highest BCUT2D eigenvalue weighted by Gasteiger charge is 2.14. The molecule has 1 N–H and O–H groups in total. The number of halogens is 1. The van der Waals surface area contributed by atoms with Crippen LogP contribution in [0.4, 0.5) is 0 Å². The normalized spacial score (nSPS) is 11.9. The van der Waals surface area contributed by atoms with Gasteiger partial charge in [-0.2, -0.15) is 0 Å². The van der Waals surface area contributed by atoms with E-state index >= 15 is 0 Å². The van der Waals surface area contributed by atoms with Crippen molar-refractivity contribution in [2.75, 3.05) is 0 Å². The molecule has 0 spiro atoms. The summed E-state index contributed by atoms with van der Waals surface area (Å²) in [5.74, 6) is -0.0959. The van der Waals surface area contributed by atoms with E-state index in [9.17, 15) is 4.79 Å². The third-order valence-electron chi connectivity index (χ3n) is 3.42. The number of amides is 1. The molecule has 0 fully saturated rings. The minimum absolute atomic E-state index is 0.0959. The van der Waals surface area contributed by atoms with E-state index in [1.54, 1.807) is 6.20 Å². The lowest BCUT2D eigenvalue weighted by atomic mass is 10.2. The highest BCUT2D eigenvalue weighted by molar-refractivity contribution is 7.17. The quantitative estimate of drug-likeness (QED) is 0.728.